The number of rotatable bonds is 0. The summed E-state index contributed by atoms with van der Waals surface area (Å²) in [6.07, 6.45) is 6.50. The SMILES string of the molecule is NC1(N)[CH-]CCCC1.O=C(O)C(=O)O.[Pt]. The van der Waals surface area contributed by atoms with Gasteiger partial charge in [0.25, 0.3) is 0 Å². The van der Waals surface area contributed by atoms with Crippen LogP contribution in [0.5, 0.6) is 0 Å². The molecule has 1 aliphatic carbocycles. The molecule has 0 heterocycles. The summed E-state index contributed by atoms with van der Waals surface area (Å²) in [6, 6.07) is 0. The second-order valence-electron chi connectivity index (χ2n) is 3.17. The minimum Gasteiger partial charge on any atom is -0.473 e. The van der Waals surface area contributed by atoms with Gasteiger partial charge in [0.2, 0.25) is 0 Å². The first-order chi connectivity index (χ1) is 6.35. The van der Waals surface area contributed by atoms with E-state index in [1.54, 1.807) is 0 Å². The van der Waals surface area contributed by atoms with Crippen LogP contribution in [0.25, 0.3) is 0 Å². The maximum atomic E-state index is 9.10. The summed E-state index contributed by atoms with van der Waals surface area (Å²) in [7, 11) is 0. The molecule has 92 valence electrons. The molecule has 0 aromatic carbocycles. The zero-order valence-electron chi connectivity index (χ0n) is 8.09. The molecule has 6 nitrogen and oxygen atoms in total. The molecule has 1 fully saturated rings. The van der Waals surface area contributed by atoms with Gasteiger partial charge < -0.3 is 21.7 Å². The Kier molecular flexibility index (Phi) is 8.81. The smallest absolute Gasteiger partial charge is 0.414 e. The minimum absolute atomic E-state index is 0. The summed E-state index contributed by atoms with van der Waals surface area (Å²) in [5.74, 6) is -3.65. The molecular weight excluding hydrogens is 383 g/mol. The van der Waals surface area contributed by atoms with Crippen molar-refractivity contribution in [3.8, 4) is 0 Å². The second kappa shape index (κ2) is 7.79. The van der Waals surface area contributed by atoms with E-state index >= 15 is 0 Å². The van der Waals surface area contributed by atoms with Crippen LogP contribution in [0.2, 0.25) is 0 Å². The molecule has 0 aromatic heterocycles. The predicted octanol–water partition coefficient (Wildman–Crippen LogP) is -0.469. The zero-order chi connectivity index (χ0) is 11.2. The van der Waals surface area contributed by atoms with Crippen LogP contribution in [-0.2, 0) is 30.7 Å². The van der Waals surface area contributed by atoms with Gasteiger partial charge in [0.05, 0.1) is 0 Å². The van der Waals surface area contributed by atoms with Crippen molar-refractivity contribution < 1.29 is 40.9 Å². The Morgan fingerprint density at radius 2 is 1.60 bits per heavy atom. The van der Waals surface area contributed by atoms with Crippen LogP contribution in [0.15, 0.2) is 0 Å². The Balaban J connectivity index is 0. The van der Waals surface area contributed by atoms with Crippen molar-refractivity contribution in [1.82, 2.24) is 0 Å². The average Bonchev–Trinajstić information content (AvgIpc) is 2.04. The topological polar surface area (TPSA) is 127 Å². The van der Waals surface area contributed by atoms with Crippen molar-refractivity contribution in [3.05, 3.63) is 6.42 Å². The number of carbonyl (C=O) groups is 2. The molecule has 0 bridgehead atoms. The molecule has 0 unspecified atom stereocenters. The van der Waals surface area contributed by atoms with Gasteiger partial charge in [-0.25, -0.2) is 9.59 Å². The average molecular weight is 398 g/mol. The van der Waals surface area contributed by atoms with Crippen molar-refractivity contribution >= 4 is 11.9 Å². The molecular formula is C8H15N2O4Pt-. The fraction of sp³-hybridized carbons (Fsp3) is 0.625. The Morgan fingerprint density at radius 3 is 1.73 bits per heavy atom. The Bertz CT molecular complexity index is 201. The maximum Gasteiger partial charge on any atom is 0.414 e. The standard InChI is InChI=1S/C6H13N2.C2H2O4.Pt/c7-6(8)4-2-1-3-5-6;3-1(4)2(5)6;/h4H,1-3,5,7-8H2;(H,3,4)(H,5,6);/q-1;;. The third-order valence-electron chi connectivity index (χ3n) is 1.77. The fourth-order valence-corrected chi connectivity index (χ4v) is 1.05. The fourth-order valence-electron chi connectivity index (χ4n) is 1.05. The molecule has 0 aromatic rings. The first-order valence-corrected chi connectivity index (χ1v) is 4.23. The molecule has 15 heavy (non-hydrogen) atoms. The van der Waals surface area contributed by atoms with E-state index in [1.807, 2.05) is 6.42 Å². The van der Waals surface area contributed by atoms with Crippen LogP contribution in [0.3, 0.4) is 0 Å². The van der Waals surface area contributed by atoms with Crippen LogP contribution >= 0.6 is 0 Å². The number of carboxylic acid groups (broad SMARTS) is 2. The number of nitrogens with two attached hydrogens (primary N) is 2. The Labute approximate surface area is 102 Å². The van der Waals surface area contributed by atoms with Gasteiger partial charge in [0.1, 0.15) is 0 Å². The molecule has 0 aliphatic heterocycles. The molecule has 0 saturated heterocycles. The van der Waals surface area contributed by atoms with Crippen LogP contribution in [0.1, 0.15) is 25.7 Å². The molecule has 1 saturated carbocycles. The van der Waals surface area contributed by atoms with Crippen LogP contribution < -0.4 is 11.5 Å². The number of hydrogen-bond acceptors (Lipinski definition) is 4. The van der Waals surface area contributed by atoms with Crippen molar-refractivity contribution in [3.63, 3.8) is 0 Å². The van der Waals surface area contributed by atoms with Gasteiger partial charge in [-0.05, 0) is 0 Å². The summed E-state index contributed by atoms with van der Waals surface area (Å²) in [6.45, 7) is 0. The summed E-state index contributed by atoms with van der Waals surface area (Å²) in [5.41, 5.74) is 10.8. The first kappa shape index (κ1) is 17.0. The van der Waals surface area contributed by atoms with E-state index in [0.29, 0.717) is 0 Å². The molecule has 1 rings (SSSR count). The maximum absolute atomic E-state index is 9.10. The van der Waals surface area contributed by atoms with Gasteiger partial charge in [-0.3, -0.25) is 6.42 Å². The van der Waals surface area contributed by atoms with Gasteiger partial charge in [0.15, 0.2) is 0 Å². The molecule has 0 amide bonds. The van der Waals surface area contributed by atoms with E-state index < -0.39 is 17.6 Å². The molecule has 7 heteroatoms. The first-order valence-electron chi connectivity index (χ1n) is 4.23. The molecule has 6 N–H and O–H groups in total. The Morgan fingerprint density at radius 1 is 1.13 bits per heavy atom. The largest absolute Gasteiger partial charge is 0.473 e. The van der Waals surface area contributed by atoms with Crippen molar-refractivity contribution in [1.29, 1.82) is 0 Å². The van der Waals surface area contributed by atoms with Crippen molar-refractivity contribution in [2.24, 2.45) is 11.5 Å². The third-order valence-corrected chi connectivity index (χ3v) is 1.77. The summed E-state index contributed by atoms with van der Waals surface area (Å²) < 4.78 is 0. The predicted molar refractivity (Wildman–Crippen MR) is 49.1 cm³/mol. The molecule has 1 aliphatic rings. The normalized spacial score (nSPS) is 17.7. The molecule has 0 radical (unpaired) electrons. The van der Waals surface area contributed by atoms with E-state index in [-0.39, 0.29) is 21.1 Å². The van der Waals surface area contributed by atoms with Crippen molar-refractivity contribution in [2.75, 3.05) is 0 Å². The van der Waals surface area contributed by atoms with Crippen molar-refractivity contribution in [2.45, 2.75) is 31.3 Å². The van der Waals surface area contributed by atoms with Gasteiger partial charge in [-0.15, -0.1) is 0 Å². The summed E-state index contributed by atoms with van der Waals surface area (Å²) >= 11 is 0. The van der Waals surface area contributed by atoms with Gasteiger partial charge in [0, 0.05) is 21.1 Å². The van der Waals surface area contributed by atoms with E-state index in [1.165, 1.54) is 12.8 Å². The second-order valence-corrected chi connectivity index (χ2v) is 3.17. The van der Waals surface area contributed by atoms with Gasteiger partial charge in [-0.2, -0.15) is 6.42 Å². The molecule has 0 atom stereocenters. The van der Waals surface area contributed by atoms with E-state index in [0.717, 1.165) is 12.8 Å². The Hall–Kier alpha value is -0.452. The number of carboxylic acids is 2. The van der Waals surface area contributed by atoms with E-state index in [4.69, 9.17) is 31.3 Å². The summed E-state index contributed by atoms with van der Waals surface area (Å²) in [4.78, 5) is 18.2. The van der Waals surface area contributed by atoms with Crippen LogP contribution in [0, 0.1) is 6.42 Å². The van der Waals surface area contributed by atoms with Crippen LogP contribution in [-0.4, -0.2) is 27.8 Å². The minimum atomic E-state index is -1.82. The summed E-state index contributed by atoms with van der Waals surface area (Å²) in [5, 5.41) is 14.8. The van der Waals surface area contributed by atoms with E-state index in [9.17, 15) is 0 Å². The number of aliphatic carboxylic acids is 2. The number of hydrogen-bond donors (Lipinski definition) is 4. The molecule has 0 spiro atoms. The van der Waals surface area contributed by atoms with Crippen LogP contribution in [0.4, 0.5) is 0 Å². The third kappa shape index (κ3) is 9.84. The van der Waals surface area contributed by atoms with E-state index in [2.05, 4.69) is 0 Å². The zero-order valence-corrected chi connectivity index (χ0v) is 10.4. The van der Waals surface area contributed by atoms with Gasteiger partial charge in [-0.1, -0.05) is 24.9 Å². The monoisotopic (exact) mass is 398 g/mol. The quantitative estimate of drug-likeness (QED) is 0.248. The van der Waals surface area contributed by atoms with Gasteiger partial charge >= 0.3 is 11.9 Å².